The van der Waals surface area contributed by atoms with Gasteiger partial charge in [0.05, 0.1) is 4.70 Å². The van der Waals surface area contributed by atoms with Gasteiger partial charge in [-0.3, -0.25) is 0 Å². The summed E-state index contributed by atoms with van der Waals surface area (Å²) in [6.45, 7) is 2.26. The first-order chi connectivity index (χ1) is 12.5. The number of nitrogens with zero attached hydrogens (tertiary/aromatic N) is 1. The molecule has 0 aliphatic heterocycles. The van der Waals surface area contributed by atoms with E-state index in [1.54, 1.807) is 17.8 Å². The predicted octanol–water partition coefficient (Wildman–Crippen LogP) is 7.24. The monoisotopic (exact) mass is 433 g/mol. The van der Waals surface area contributed by atoms with E-state index in [1.807, 2.05) is 6.07 Å². The molecule has 26 heavy (non-hydrogen) atoms. The van der Waals surface area contributed by atoms with E-state index < -0.39 is 9.05 Å². The zero-order chi connectivity index (χ0) is 18.8. The maximum atomic E-state index is 11.6. The van der Waals surface area contributed by atoms with Crippen LogP contribution >= 0.6 is 33.8 Å². The number of halogens is 1. The van der Waals surface area contributed by atoms with Crippen LogP contribution in [0.5, 0.6) is 0 Å². The van der Waals surface area contributed by atoms with E-state index in [1.165, 1.54) is 81.6 Å². The molecule has 146 valence electrons. The van der Waals surface area contributed by atoms with Gasteiger partial charge in [-0.1, -0.05) is 82.5 Å². The highest BCUT2D eigenvalue weighted by Crippen LogP contribution is 2.34. The lowest BCUT2D eigenvalue weighted by Gasteiger charge is -2.01. The maximum absolute atomic E-state index is 11.6. The number of unbranched alkanes of at least 4 members (excludes halogenated alkanes) is 9. The highest BCUT2D eigenvalue weighted by molar-refractivity contribution is 8.14. The third-order valence-corrected chi connectivity index (χ3v) is 7.95. The van der Waals surface area contributed by atoms with Crippen molar-refractivity contribution in [2.45, 2.75) is 80.4 Å². The number of aromatic nitrogens is 1. The molecule has 0 bridgehead atoms. The van der Waals surface area contributed by atoms with Gasteiger partial charge >= 0.3 is 0 Å². The number of fused-ring (bicyclic) bond motifs is 1. The summed E-state index contributed by atoms with van der Waals surface area (Å²) in [6, 6.07) is 5.12. The van der Waals surface area contributed by atoms with Gasteiger partial charge in [-0.25, -0.2) is 13.4 Å². The second kappa shape index (κ2) is 11.5. The Morgan fingerprint density at radius 1 is 1.00 bits per heavy atom. The molecule has 0 aliphatic rings. The molecule has 0 atom stereocenters. The van der Waals surface area contributed by atoms with Crippen LogP contribution < -0.4 is 0 Å². The Bertz CT molecular complexity index is 774. The third-order valence-electron chi connectivity index (χ3n) is 4.35. The predicted molar refractivity (Wildman–Crippen MR) is 115 cm³/mol. The van der Waals surface area contributed by atoms with Crippen molar-refractivity contribution in [2.24, 2.45) is 0 Å². The van der Waals surface area contributed by atoms with Gasteiger partial charge in [0, 0.05) is 16.4 Å². The SMILES string of the molecule is CCCCCCCCCCCCSc1nc2c(S(=O)(=O)Cl)cccc2s1. The average molecular weight is 434 g/mol. The number of hydrogen-bond acceptors (Lipinski definition) is 5. The Labute approximate surface area is 170 Å². The topological polar surface area (TPSA) is 47.0 Å². The van der Waals surface area contributed by atoms with Crippen molar-refractivity contribution in [1.29, 1.82) is 0 Å². The first-order valence-corrected chi connectivity index (χ1v) is 13.6. The Morgan fingerprint density at radius 2 is 1.62 bits per heavy atom. The first-order valence-electron chi connectivity index (χ1n) is 9.49. The Hall–Kier alpha value is -0.300. The molecule has 0 saturated heterocycles. The lowest BCUT2D eigenvalue weighted by Crippen LogP contribution is -1.91. The number of benzene rings is 1. The van der Waals surface area contributed by atoms with Crippen LogP contribution in [0.25, 0.3) is 10.2 Å². The largest absolute Gasteiger partial charge is 0.263 e. The summed E-state index contributed by atoms with van der Waals surface area (Å²) in [5.41, 5.74) is 0.498. The third kappa shape index (κ3) is 7.37. The van der Waals surface area contributed by atoms with Crippen LogP contribution in [0.15, 0.2) is 27.4 Å². The van der Waals surface area contributed by atoms with Gasteiger partial charge in [0.1, 0.15) is 10.4 Å². The van der Waals surface area contributed by atoms with Crippen molar-refractivity contribution in [3.8, 4) is 0 Å². The molecule has 0 saturated carbocycles. The van der Waals surface area contributed by atoms with E-state index in [0.29, 0.717) is 5.52 Å². The van der Waals surface area contributed by atoms with Crippen molar-refractivity contribution in [1.82, 2.24) is 4.98 Å². The minimum absolute atomic E-state index is 0.110. The van der Waals surface area contributed by atoms with Crippen LogP contribution in [0.1, 0.15) is 71.1 Å². The fourth-order valence-corrected chi connectivity index (χ4v) is 6.13. The van der Waals surface area contributed by atoms with E-state index in [9.17, 15) is 8.42 Å². The number of para-hydroxylation sites is 1. The molecular weight excluding hydrogens is 406 g/mol. The molecule has 1 heterocycles. The summed E-state index contributed by atoms with van der Waals surface area (Å²) in [7, 11) is 1.74. The van der Waals surface area contributed by atoms with Crippen molar-refractivity contribution in [2.75, 3.05) is 5.75 Å². The second-order valence-corrected chi connectivity index (χ2v) is 11.5. The Balaban J connectivity index is 1.66. The molecule has 0 fully saturated rings. The van der Waals surface area contributed by atoms with E-state index in [4.69, 9.17) is 10.7 Å². The molecule has 0 radical (unpaired) electrons. The summed E-state index contributed by atoms with van der Waals surface area (Å²) in [5.74, 6) is 1.03. The zero-order valence-corrected chi connectivity index (χ0v) is 18.6. The minimum atomic E-state index is -3.75. The Morgan fingerprint density at radius 3 is 2.23 bits per heavy atom. The molecule has 0 unspecified atom stereocenters. The highest BCUT2D eigenvalue weighted by atomic mass is 35.7. The van der Waals surface area contributed by atoms with Crippen molar-refractivity contribution < 1.29 is 8.42 Å². The fraction of sp³-hybridized carbons (Fsp3) is 0.632. The van der Waals surface area contributed by atoms with E-state index >= 15 is 0 Å². The van der Waals surface area contributed by atoms with Gasteiger partial charge in [0.25, 0.3) is 9.05 Å². The van der Waals surface area contributed by atoms with Crippen molar-refractivity contribution in [3.63, 3.8) is 0 Å². The summed E-state index contributed by atoms with van der Waals surface area (Å²) in [5, 5.41) is 0. The molecule has 0 amide bonds. The van der Waals surface area contributed by atoms with Crippen LogP contribution in [0.2, 0.25) is 0 Å². The van der Waals surface area contributed by atoms with Crippen molar-refractivity contribution >= 4 is 53.0 Å². The van der Waals surface area contributed by atoms with Crippen LogP contribution in [-0.4, -0.2) is 19.2 Å². The lowest BCUT2D eigenvalue weighted by molar-refractivity contribution is 0.563. The molecule has 0 aliphatic carbocycles. The molecule has 2 rings (SSSR count). The first kappa shape index (κ1) is 22.0. The van der Waals surface area contributed by atoms with Crippen LogP contribution in [0.4, 0.5) is 0 Å². The van der Waals surface area contributed by atoms with Gasteiger partial charge in [0.15, 0.2) is 4.34 Å². The summed E-state index contributed by atoms with van der Waals surface area (Å²) in [4.78, 5) is 4.59. The van der Waals surface area contributed by atoms with E-state index in [2.05, 4.69) is 11.9 Å². The molecule has 0 N–H and O–H groups in total. The summed E-state index contributed by atoms with van der Waals surface area (Å²) < 4.78 is 25.1. The summed E-state index contributed by atoms with van der Waals surface area (Å²) in [6.07, 6.45) is 13.3. The van der Waals surface area contributed by atoms with Crippen molar-refractivity contribution in [3.05, 3.63) is 18.2 Å². The average Bonchev–Trinajstić information content (AvgIpc) is 3.01. The molecular formula is C19H28ClNO2S3. The highest BCUT2D eigenvalue weighted by Gasteiger charge is 2.17. The number of rotatable bonds is 13. The molecule has 7 heteroatoms. The maximum Gasteiger partial charge on any atom is 0.263 e. The molecule has 2 aromatic rings. The van der Waals surface area contributed by atoms with Gasteiger partial charge in [-0.2, -0.15) is 0 Å². The number of thiazole rings is 1. The van der Waals surface area contributed by atoms with E-state index in [0.717, 1.165) is 14.8 Å². The van der Waals surface area contributed by atoms with Crippen LogP contribution in [-0.2, 0) is 9.05 Å². The standard InChI is InChI=1S/C19H28ClNO2S3/c1-2-3-4-5-6-7-8-9-10-11-15-24-19-21-18-16(25-19)13-12-14-17(18)26(20,22)23/h12-14H,2-11,15H2,1H3. The minimum Gasteiger partial charge on any atom is -0.228 e. The lowest BCUT2D eigenvalue weighted by atomic mass is 10.1. The van der Waals surface area contributed by atoms with E-state index in [-0.39, 0.29) is 4.90 Å². The smallest absolute Gasteiger partial charge is 0.228 e. The quantitative estimate of drug-likeness (QED) is 0.190. The molecule has 1 aromatic heterocycles. The van der Waals surface area contributed by atoms with Gasteiger partial charge in [-0.05, 0) is 18.6 Å². The number of thioether (sulfide) groups is 1. The zero-order valence-electron chi connectivity index (χ0n) is 15.4. The normalized spacial score (nSPS) is 12.1. The van der Waals surface area contributed by atoms with Gasteiger partial charge < -0.3 is 0 Å². The van der Waals surface area contributed by atoms with Crippen LogP contribution in [0.3, 0.4) is 0 Å². The molecule has 1 aromatic carbocycles. The summed E-state index contributed by atoms with van der Waals surface area (Å²) >= 11 is 3.25. The molecule has 3 nitrogen and oxygen atoms in total. The van der Waals surface area contributed by atoms with Gasteiger partial charge in [-0.15, -0.1) is 11.3 Å². The molecule has 0 spiro atoms. The number of hydrogen-bond donors (Lipinski definition) is 0. The van der Waals surface area contributed by atoms with Gasteiger partial charge in [0.2, 0.25) is 0 Å². The fourth-order valence-electron chi connectivity index (χ4n) is 2.91. The van der Waals surface area contributed by atoms with Crippen LogP contribution in [0, 0.1) is 0 Å². The second-order valence-electron chi connectivity index (χ2n) is 6.55. The Kier molecular flexibility index (Phi) is 9.75.